The van der Waals surface area contributed by atoms with Gasteiger partial charge in [0.2, 0.25) is 0 Å². The minimum absolute atomic E-state index is 0.0303. The first kappa shape index (κ1) is 15.0. The van der Waals surface area contributed by atoms with Crippen LogP contribution in [0.3, 0.4) is 0 Å². The van der Waals surface area contributed by atoms with E-state index in [4.69, 9.17) is 0 Å². The van der Waals surface area contributed by atoms with Gasteiger partial charge >= 0.3 is 13.0 Å². The Morgan fingerprint density at radius 2 is 2.05 bits per heavy atom. The maximum absolute atomic E-state index is 11.4. The summed E-state index contributed by atoms with van der Waals surface area (Å²) >= 11 is 0. The molecule has 20 heavy (non-hydrogen) atoms. The molecule has 2 rings (SSSR count). The Balaban J connectivity index is 2.05. The lowest BCUT2D eigenvalue weighted by Gasteiger charge is -2.19. The number of rotatable bonds is 5. The predicted octanol–water partition coefficient (Wildman–Crippen LogP) is -0.194. The molecule has 0 amide bonds. The number of carboxylic acid groups (broad SMARTS) is 1. The van der Waals surface area contributed by atoms with Crippen LogP contribution in [0.15, 0.2) is 30.3 Å². The number of quaternary nitrogens is 1. The molecule has 4 N–H and O–H groups in total. The van der Waals surface area contributed by atoms with Crippen molar-refractivity contribution in [2.24, 2.45) is 5.92 Å². The molecule has 108 valence electrons. The number of hydrogen-bond donors (Lipinski definition) is 3. The number of carboxylic acids is 1. The lowest BCUT2D eigenvalue weighted by Crippen LogP contribution is -2.92. The average Bonchev–Trinajstić information content (AvgIpc) is 2.84. The smallest absolute Gasteiger partial charge is 0.376 e. The van der Waals surface area contributed by atoms with Gasteiger partial charge in [0, 0.05) is 18.7 Å². The van der Waals surface area contributed by atoms with Crippen LogP contribution in [0.4, 0.5) is 0 Å². The number of benzene rings is 1. The van der Waals surface area contributed by atoms with Gasteiger partial charge in [-0.05, 0) is 13.7 Å². The monoisotopic (exact) mass is 277 g/mol. The van der Waals surface area contributed by atoms with Gasteiger partial charge in [0.1, 0.15) is 18.0 Å². The highest BCUT2D eigenvalue weighted by Gasteiger charge is 2.43. The van der Waals surface area contributed by atoms with Gasteiger partial charge in [-0.1, -0.05) is 30.3 Å². The third-order valence-electron chi connectivity index (χ3n) is 4.10. The number of nitrogens with two attached hydrogens (primary N) is 1. The van der Waals surface area contributed by atoms with Gasteiger partial charge in [0.15, 0.2) is 0 Å². The van der Waals surface area contributed by atoms with E-state index in [9.17, 15) is 14.9 Å². The highest BCUT2D eigenvalue weighted by atomic mass is 16.4. The van der Waals surface area contributed by atoms with Gasteiger partial charge in [0.25, 0.3) is 0 Å². The molecule has 1 heterocycles. The Kier molecular flexibility index (Phi) is 4.80. The van der Waals surface area contributed by atoms with Crippen molar-refractivity contribution in [1.82, 2.24) is 4.81 Å². The first-order chi connectivity index (χ1) is 9.49. The van der Waals surface area contributed by atoms with Crippen LogP contribution in [-0.4, -0.2) is 47.1 Å². The minimum Gasteiger partial charge on any atom is -0.481 e. The van der Waals surface area contributed by atoms with Crippen LogP contribution in [0.1, 0.15) is 18.5 Å². The topological polar surface area (TPSA) is 77.4 Å². The first-order valence-electron chi connectivity index (χ1n) is 7.04. The third kappa shape index (κ3) is 3.39. The molecule has 0 unspecified atom stereocenters. The lowest BCUT2D eigenvalue weighted by atomic mass is 9.86. The number of aliphatic carboxylic acids is 1. The third-order valence-corrected chi connectivity index (χ3v) is 4.10. The second-order valence-electron chi connectivity index (χ2n) is 5.59. The Morgan fingerprint density at radius 3 is 2.60 bits per heavy atom. The van der Waals surface area contributed by atoms with Crippen LogP contribution in [-0.2, 0) is 4.79 Å². The Hall–Kier alpha value is -1.37. The van der Waals surface area contributed by atoms with E-state index in [2.05, 4.69) is 24.4 Å². The maximum atomic E-state index is 11.4. The van der Waals surface area contributed by atoms with Crippen LogP contribution in [0.25, 0.3) is 0 Å². The van der Waals surface area contributed by atoms with Crippen molar-refractivity contribution >= 4 is 13.0 Å². The summed E-state index contributed by atoms with van der Waals surface area (Å²) in [5, 5.41) is 21.1. The maximum Gasteiger partial charge on any atom is 0.376 e. The molecule has 3 atom stereocenters. The molecule has 1 fully saturated rings. The van der Waals surface area contributed by atoms with Crippen molar-refractivity contribution in [3.63, 3.8) is 0 Å². The van der Waals surface area contributed by atoms with Crippen molar-refractivity contribution in [3.05, 3.63) is 35.9 Å². The molecule has 0 aromatic heterocycles. The zero-order valence-electron chi connectivity index (χ0n) is 11.9. The van der Waals surface area contributed by atoms with Crippen LogP contribution >= 0.6 is 0 Å². The van der Waals surface area contributed by atoms with Crippen LogP contribution < -0.4 is 5.32 Å². The molecule has 1 aromatic rings. The summed E-state index contributed by atoms with van der Waals surface area (Å²) < 4.78 is 0. The molecule has 0 bridgehead atoms. The summed E-state index contributed by atoms with van der Waals surface area (Å²) in [5.41, 5.74) is 1.19. The van der Waals surface area contributed by atoms with Crippen LogP contribution in [0.2, 0.25) is 6.82 Å². The second kappa shape index (κ2) is 6.39. The Labute approximate surface area is 119 Å². The Bertz CT molecular complexity index is 455. The Morgan fingerprint density at radius 1 is 1.40 bits per heavy atom. The number of carbonyl (C=O) groups is 1. The fourth-order valence-corrected chi connectivity index (χ4v) is 2.86. The highest BCUT2D eigenvalue weighted by molar-refractivity contribution is 6.45. The highest BCUT2D eigenvalue weighted by Crippen LogP contribution is 2.17. The first-order valence-corrected chi connectivity index (χ1v) is 7.04. The molecule has 1 aromatic carbocycles. The molecule has 0 radical (unpaired) electrons. The molecule has 1 aliphatic heterocycles. The van der Waals surface area contributed by atoms with Crippen molar-refractivity contribution in [2.45, 2.75) is 25.8 Å². The van der Waals surface area contributed by atoms with Gasteiger partial charge in [-0.3, -0.25) is 4.79 Å². The minimum atomic E-state index is -0.783. The zero-order chi connectivity index (χ0) is 14.7. The normalized spacial score (nSPS) is 24.6. The van der Waals surface area contributed by atoms with E-state index in [0.717, 1.165) is 0 Å². The van der Waals surface area contributed by atoms with E-state index < -0.39 is 18.9 Å². The largest absolute Gasteiger partial charge is 0.481 e. The van der Waals surface area contributed by atoms with E-state index in [1.807, 2.05) is 23.0 Å². The van der Waals surface area contributed by atoms with Gasteiger partial charge in [-0.25, -0.2) is 0 Å². The van der Waals surface area contributed by atoms with Crippen molar-refractivity contribution in [3.8, 4) is 0 Å². The van der Waals surface area contributed by atoms with Crippen LogP contribution in [0.5, 0.6) is 0 Å². The summed E-state index contributed by atoms with van der Waals surface area (Å²) in [4.78, 5) is 13.2. The summed E-state index contributed by atoms with van der Waals surface area (Å²) in [6.45, 7) is 4.78. The van der Waals surface area contributed by atoms with Gasteiger partial charge in [-0.15, -0.1) is 0 Å². The molecule has 5 nitrogen and oxygen atoms in total. The molecular weight excluding hydrogens is 255 g/mol. The zero-order valence-corrected chi connectivity index (χ0v) is 11.9. The fourth-order valence-electron chi connectivity index (χ4n) is 2.86. The molecule has 0 aliphatic carbocycles. The van der Waals surface area contributed by atoms with E-state index in [0.29, 0.717) is 13.1 Å². The SMILES string of the molecule is CB(O)N1C[C@@H]([NH2+][C@H](C)c2ccccc2)[C@H](C(=O)O)C1. The fraction of sp³-hybridized carbons (Fsp3) is 0.500. The molecule has 1 aliphatic rings. The van der Waals surface area contributed by atoms with E-state index >= 15 is 0 Å². The van der Waals surface area contributed by atoms with E-state index in [-0.39, 0.29) is 12.1 Å². The summed E-state index contributed by atoms with van der Waals surface area (Å²) in [5.74, 6) is -1.22. The van der Waals surface area contributed by atoms with Gasteiger partial charge in [-0.2, -0.15) is 0 Å². The molecule has 1 saturated heterocycles. The average molecular weight is 277 g/mol. The molecular formula is C14H22BN2O3+. The quantitative estimate of drug-likeness (QED) is 0.652. The lowest BCUT2D eigenvalue weighted by molar-refractivity contribution is -0.725. The molecule has 0 spiro atoms. The van der Waals surface area contributed by atoms with Crippen molar-refractivity contribution in [1.29, 1.82) is 0 Å². The number of nitrogens with zero attached hydrogens (tertiary/aromatic N) is 1. The van der Waals surface area contributed by atoms with Crippen molar-refractivity contribution in [2.75, 3.05) is 13.1 Å². The summed E-state index contributed by atoms with van der Waals surface area (Å²) in [6, 6.07) is 10.2. The van der Waals surface area contributed by atoms with Crippen molar-refractivity contribution < 1.29 is 20.2 Å². The predicted molar refractivity (Wildman–Crippen MR) is 77.1 cm³/mol. The van der Waals surface area contributed by atoms with E-state index in [1.54, 1.807) is 6.82 Å². The van der Waals surface area contributed by atoms with Gasteiger partial charge < -0.3 is 20.3 Å². The van der Waals surface area contributed by atoms with Gasteiger partial charge in [0.05, 0.1) is 0 Å². The molecule has 6 heteroatoms. The summed E-state index contributed by atoms with van der Waals surface area (Å²) in [6.07, 6.45) is 0. The van der Waals surface area contributed by atoms with E-state index in [1.165, 1.54) is 5.56 Å². The van der Waals surface area contributed by atoms with Crippen LogP contribution in [0, 0.1) is 5.92 Å². The molecule has 0 saturated carbocycles. The standard InChI is InChI=1S/C14H21BN2O3/c1-10(11-6-4-3-5-7-11)16-13-9-17(15(2)20)8-12(13)14(18)19/h3-7,10,12-13,16,20H,8-9H2,1-2H3,(H,18,19)/p+1/t10-,12-,13-/m1/s1. The second-order valence-corrected chi connectivity index (χ2v) is 5.59. The number of hydrogen-bond acceptors (Lipinski definition) is 3. The summed E-state index contributed by atoms with van der Waals surface area (Å²) in [7, 11) is -0.595.